The Labute approximate surface area is 194 Å². The zero-order valence-corrected chi connectivity index (χ0v) is 19.4. The first-order chi connectivity index (χ1) is 15.9. The van der Waals surface area contributed by atoms with Gasteiger partial charge in [0.25, 0.3) is 5.91 Å². The number of nitrogens with one attached hydrogen (secondary N) is 2. The minimum atomic E-state index is -3.26. The summed E-state index contributed by atoms with van der Waals surface area (Å²) in [6, 6.07) is 22.1. The number of hydrogen-bond acceptors (Lipinski definition) is 4. The Bertz CT molecular complexity index is 1250. The van der Waals surface area contributed by atoms with Crippen LogP contribution in [0, 0.1) is 6.92 Å². The van der Waals surface area contributed by atoms with Crippen molar-refractivity contribution in [2.75, 3.05) is 27.2 Å². The summed E-state index contributed by atoms with van der Waals surface area (Å²) in [6.07, 6.45) is 0.625. The highest BCUT2D eigenvalue weighted by Gasteiger charge is 2.29. The lowest BCUT2D eigenvalue weighted by molar-refractivity contribution is -0.386. The zero-order valence-electron chi connectivity index (χ0n) is 18.6. The van der Waals surface area contributed by atoms with Crippen molar-refractivity contribution in [3.05, 3.63) is 89.5 Å². The second-order valence-electron chi connectivity index (χ2n) is 8.17. The van der Waals surface area contributed by atoms with Crippen molar-refractivity contribution in [2.24, 2.45) is 0 Å². The molecule has 1 unspecified atom stereocenters. The van der Waals surface area contributed by atoms with Crippen molar-refractivity contribution in [2.45, 2.75) is 25.9 Å². The Balaban J connectivity index is 1.57. The summed E-state index contributed by atoms with van der Waals surface area (Å²) in [7, 11) is -3.26. The summed E-state index contributed by atoms with van der Waals surface area (Å²) in [6.45, 7) is 3.01. The number of sulfonamides is 1. The molecule has 0 radical (unpaired) electrons. The molecular formula is C25H29N4O3S+. The van der Waals surface area contributed by atoms with Crippen LogP contribution in [0.25, 0.3) is 0 Å². The number of hydrogen-bond donors (Lipinski definition) is 3. The van der Waals surface area contributed by atoms with Crippen molar-refractivity contribution < 1.29 is 18.9 Å². The van der Waals surface area contributed by atoms with Gasteiger partial charge in [-0.3, -0.25) is 9.10 Å². The number of benzene rings is 3. The van der Waals surface area contributed by atoms with Crippen LogP contribution in [0.2, 0.25) is 0 Å². The Morgan fingerprint density at radius 1 is 1.03 bits per heavy atom. The summed E-state index contributed by atoms with van der Waals surface area (Å²) in [5.41, 5.74) is 8.76. The van der Waals surface area contributed by atoms with Gasteiger partial charge >= 0.3 is 0 Å². The van der Waals surface area contributed by atoms with Crippen molar-refractivity contribution in [3.8, 4) is 0 Å². The maximum atomic E-state index is 13.3. The monoisotopic (exact) mass is 465 g/mol. The van der Waals surface area contributed by atoms with Crippen LogP contribution in [0.1, 0.15) is 29.2 Å². The highest BCUT2D eigenvalue weighted by atomic mass is 32.2. The fourth-order valence-electron chi connectivity index (χ4n) is 4.07. The topological polar surface area (TPSA) is 106 Å². The molecule has 3 aromatic carbocycles. The second kappa shape index (κ2) is 9.64. The smallest absolute Gasteiger partial charge is 0.251 e. The summed E-state index contributed by atoms with van der Waals surface area (Å²) in [4.78, 5) is 13.3. The normalized spacial score (nSPS) is 15.8. The van der Waals surface area contributed by atoms with Crippen molar-refractivity contribution in [3.63, 3.8) is 0 Å². The first-order valence-corrected chi connectivity index (χ1v) is 12.6. The van der Waals surface area contributed by atoms with Gasteiger partial charge in [0.15, 0.2) is 0 Å². The lowest BCUT2D eigenvalue weighted by Crippen LogP contribution is -2.47. The number of rotatable bonds is 7. The summed E-state index contributed by atoms with van der Waals surface area (Å²) < 4.78 is 26.0. The van der Waals surface area contributed by atoms with E-state index in [1.807, 2.05) is 67.6 Å². The molecule has 0 bridgehead atoms. The Kier molecular flexibility index (Phi) is 6.67. The molecular weight excluding hydrogens is 436 g/mol. The molecule has 0 aromatic heterocycles. The molecule has 7 nitrogen and oxygen atoms in total. The molecule has 3 aromatic rings. The van der Waals surface area contributed by atoms with Gasteiger partial charge in [0.2, 0.25) is 10.0 Å². The summed E-state index contributed by atoms with van der Waals surface area (Å²) in [5.74, 6) is -0.0350. The summed E-state index contributed by atoms with van der Waals surface area (Å²) in [5, 5.41) is 6.33. The van der Waals surface area contributed by atoms with E-state index < -0.39 is 16.1 Å². The maximum absolute atomic E-state index is 13.3. The molecule has 1 fully saturated rings. The molecule has 0 saturated carbocycles. The SMILES string of the molecule is Cc1cc(NC(=O)C(Nc2cccc(C[NH3+])c2)c2ccccc2)ccc1N1CCCS1(=O)=O. The largest absolute Gasteiger partial charge is 0.370 e. The Morgan fingerprint density at radius 2 is 1.82 bits per heavy atom. The molecule has 1 aliphatic heterocycles. The fourth-order valence-corrected chi connectivity index (χ4v) is 5.69. The Morgan fingerprint density at radius 3 is 2.48 bits per heavy atom. The predicted molar refractivity (Wildman–Crippen MR) is 131 cm³/mol. The predicted octanol–water partition coefficient (Wildman–Crippen LogP) is 3.07. The Hall–Kier alpha value is -3.36. The van der Waals surface area contributed by atoms with Gasteiger partial charge in [-0.25, -0.2) is 8.42 Å². The van der Waals surface area contributed by atoms with Crippen LogP contribution in [-0.2, 0) is 21.4 Å². The van der Waals surface area contributed by atoms with Crippen molar-refractivity contribution >= 4 is 33.0 Å². The van der Waals surface area contributed by atoms with Crippen molar-refractivity contribution in [1.82, 2.24) is 0 Å². The first kappa shape index (κ1) is 22.8. The van der Waals surface area contributed by atoms with Gasteiger partial charge in [0, 0.05) is 23.5 Å². The maximum Gasteiger partial charge on any atom is 0.251 e. The molecule has 5 N–H and O–H groups in total. The minimum absolute atomic E-state index is 0.171. The third-order valence-electron chi connectivity index (χ3n) is 5.75. The van der Waals surface area contributed by atoms with E-state index in [1.165, 1.54) is 4.31 Å². The van der Waals surface area contributed by atoms with Crippen LogP contribution in [0.3, 0.4) is 0 Å². The van der Waals surface area contributed by atoms with Gasteiger partial charge in [-0.05, 0) is 54.8 Å². The van der Waals surface area contributed by atoms with E-state index in [2.05, 4.69) is 16.4 Å². The van der Waals surface area contributed by atoms with Crippen LogP contribution in [-0.4, -0.2) is 26.6 Å². The van der Waals surface area contributed by atoms with E-state index in [0.29, 0.717) is 30.9 Å². The average molecular weight is 466 g/mol. The van der Waals surface area contributed by atoms with Gasteiger partial charge in [-0.2, -0.15) is 0 Å². The first-order valence-electron chi connectivity index (χ1n) is 11.0. The molecule has 8 heteroatoms. The average Bonchev–Trinajstić information content (AvgIpc) is 3.17. The van der Waals surface area contributed by atoms with Gasteiger partial charge in [0.1, 0.15) is 6.04 Å². The van der Waals surface area contributed by atoms with Crippen LogP contribution in [0.5, 0.6) is 0 Å². The highest BCUT2D eigenvalue weighted by molar-refractivity contribution is 7.93. The van der Waals surface area contributed by atoms with Gasteiger partial charge in [0.05, 0.1) is 18.0 Å². The second-order valence-corrected chi connectivity index (χ2v) is 10.2. The van der Waals surface area contributed by atoms with Gasteiger partial charge in [-0.1, -0.05) is 42.5 Å². The highest BCUT2D eigenvalue weighted by Crippen LogP contribution is 2.30. The number of carbonyl (C=O) groups is 1. The molecule has 172 valence electrons. The van der Waals surface area contributed by atoms with Crippen molar-refractivity contribution in [1.29, 1.82) is 0 Å². The number of quaternary nitrogens is 1. The van der Waals surface area contributed by atoms with E-state index in [1.54, 1.807) is 12.1 Å². The van der Waals surface area contributed by atoms with E-state index >= 15 is 0 Å². The molecule has 0 aliphatic carbocycles. The molecule has 4 rings (SSSR count). The molecule has 33 heavy (non-hydrogen) atoms. The lowest BCUT2D eigenvalue weighted by atomic mass is 10.0. The standard InChI is InChI=1S/C25H28N4O3S/c1-18-15-22(11-12-23(18)29-13-6-14-33(29,31)32)28-25(30)24(20-8-3-2-4-9-20)27-21-10-5-7-19(16-21)17-26/h2-5,7-12,15-16,24,27H,6,13-14,17,26H2,1H3,(H,28,30)/p+1. The number of anilines is 3. The number of amides is 1. The lowest BCUT2D eigenvalue weighted by Gasteiger charge is -2.22. The minimum Gasteiger partial charge on any atom is -0.370 e. The number of nitrogens with zero attached hydrogens (tertiary/aromatic N) is 1. The van der Waals surface area contributed by atoms with Crippen LogP contribution < -0.4 is 20.7 Å². The third kappa shape index (κ3) is 5.18. The van der Waals surface area contributed by atoms with E-state index in [9.17, 15) is 13.2 Å². The molecule has 1 saturated heterocycles. The van der Waals surface area contributed by atoms with E-state index in [-0.39, 0.29) is 11.7 Å². The van der Waals surface area contributed by atoms with Crippen LogP contribution >= 0.6 is 0 Å². The van der Waals surface area contributed by atoms with Gasteiger partial charge < -0.3 is 16.4 Å². The third-order valence-corrected chi connectivity index (χ3v) is 7.61. The zero-order chi connectivity index (χ0) is 23.4. The molecule has 0 spiro atoms. The number of carbonyl (C=O) groups excluding carboxylic acids is 1. The molecule has 1 heterocycles. The fraction of sp³-hybridized carbons (Fsp3) is 0.240. The molecule has 1 atom stereocenters. The van der Waals surface area contributed by atoms with E-state index in [0.717, 1.165) is 22.4 Å². The number of aryl methyl sites for hydroxylation is 1. The van der Waals surface area contributed by atoms with E-state index in [4.69, 9.17) is 0 Å². The van der Waals surface area contributed by atoms with Gasteiger partial charge in [-0.15, -0.1) is 0 Å². The quantitative estimate of drug-likeness (QED) is 0.499. The summed E-state index contributed by atoms with van der Waals surface area (Å²) >= 11 is 0. The van der Waals surface area contributed by atoms with Crippen LogP contribution in [0.4, 0.5) is 17.1 Å². The molecule has 1 amide bonds. The van der Waals surface area contributed by atoms with Crippen LogP contribution in [0.15, 0.2) is 72.8 Å². The molecule has 1 aliphatic rings.